The van der Waals surface area contributed by atoms with E-state index in [4.69, 9.17) is 4.74 Å². The van der Waals surface area contributed by atoms with Gasteiger partial charge in [0.2, 0.25) is 10.0 Å². The molecule has 2 aliphatic heterocycles. The van der Waals surface area contributed by atoms with Crippen LogP contribution in [-0.2, 0) is 14.8 Å². The van der Waals surface area contributed by atoms with E-state index in [1.165, 1.54) is 6.42 Å². The highest BCUT2D eigenvalue weighted by Gasteiger charge is 2.37. The third kappa shape index (κ3) is 2.50. The number of nitrogens with one attached hydrogen (secondary N) is 2. The molecule has 2 N–H and O–H groups in total. The molecule has 4 atom stereocenters. The van der Waals surface area contributed by atoms with Crippen LogP contribution >= 0.6 is 0 Å². The first-order chi connectivity index (χ1) is 8.13. The molecule has 0 amide bonds. The van der Waals surface area contributed by atoms with Gasteiger partial charge in [0, 0.05) is 18.7 Å². The van der Waals surface area contributed by atoms with Crippen LogP contribution in [0.1, 0.15) is 25.7 Å². The number of sulfonamides is 1. The molecule has 0 aromatic rings. The Balaban J connectivity index is 1.62. The number of rotatable bonds is 3. The Morgan fingerprint density at radius 3 is 2.82 bits per heavy atom. The average molecular weight is 260 g/mol. The summed E-state index contributed by atoms with van der Waals surface area (Å²) in [5.41, 5.74) is 0. The van der Waals surface area contributed by atoms with Gasteiger partial charge >= 0.3 is 0 Å². The summed E-state index contributed by atoms with van der Waals surface area (Å²) in [5.74, 6) is 0.654. The first-order valence-electron chi connectivity index (χ1n) is 6.46. The van der Waals surface area contributed by atoms with Crippen LogP contribution in [0.2, 0.25) is 0 Å². The molecule has 2 bridgehead atoms. The van der Waals surface area contributed by atoms with Gasteiger partial charge in [0.1, 0.15) is 5.25 Å². The van der Waals surface area contributed by atoms with Gasteiger partial charge in [0.05, 0.1) is 6.61 Å². The van der Waals surface area contributed by atoms with Gasteiger partial charge in [0.15, 0.2) is 0 Å². The van der Waals surface area contributed by atoms with Crippen molar-refractivity contribution in [2.45, 2.75) is 43.0 Å². The summed E-state index contributed by atoms with van der Waals surface area (Å²) in [7, 11) is -3.18. The predicted octanol–water partition coefficient (Wildman–Crippen LogP) is -0.165. The maximum absolute atomic E-state index is 12.1. The van der Waals surface area contributed by atoms with Crippen molar-refractivity contribution < 1.29 is 13.2 Å². The van der Waals surface area contributed by atoms with Gasteiger partial charge < -0.3 is 10.1 Å². The standard InChI is InChI=1S/C11H20N2O3S/c14-17(15,11-1-2-16-7-11)13-10-4-8-3-9(5-10)12-6-8/h8-13H,1-7H2. The van der Waals surface area contributed by atoms with E-state index in [9.17, 15) is 8.42 Å². The van der Waals surface area contributed by atoms with Crippen LogP contribution in [-0.4, -0.2) is 45.5 Å². The molecule has 0 spiro atoms. The van der Waals surface area contributed by atoms with E-state index in [1.807, 2.05) is 0 Å². The van der Waals surface area contributed by atoms with E-state index in [-0.39, 0.29) is 11.3 Å². The molecule has 0 radical (unpaired) electrons. The molecule has 6 heteroatoms. The Hall–Kier alpha value is -0.170. The fraction of sp³-hybridized carbons (Fsp3) is 1.00. The van der Waals surface area contributed by atoms with Crippen molar-refractivity contribution in [1.82, 2.24) is 10.0 Å². The molecule has 3 fully saturated rings. The number of hydrogen-bond donors (Lipinski definition) is 2. The predicted molar refractivity (Wildman–Crippen MR) is 64.2 cm³/mol. The van der Waals surface area contributed by atoms with Crippen LogP contribution < -0.4 is 10.0 Å². The zero-order chi connectivity index (χ0) is 11.9. The number of hydrogen-bond acceptors (Lipinski definition) is 4. The molecule has 1 aliphatic carbocycles. The topological polar surface area (TPSA) is 67.4 Å². The highest BCUT2D eigenvalue weighted by Crippen LogP contribution is 2.30. The number of ether oxygens (including phenoxy) is 1. The van der Waals surface area contributed by atoms with Crippen LogP contribution in [0, 0.1) is 5.92 Å². The van der Waals surface area contributed by atoms with Crippen molar-refractivity contribution in [2.75, 3.05) is 19.8 Å². The minimum atomic E-state index is -3.18. The van der Waals surface area contributed by atoms with Crippen molar-refractivity contribution >= 4 is 10.0 Å². The summed E-state index contributed by atoms with van der Waals surface area (Å²) >= 11 is 0. The SMILES string of the molecule is O=S(=O)(NC1CC2CNC(C2)C1)C1CCOC1. The minimum Gasteiger partial charge on any atom is -0.380 e. The highest BCUT2D eigenvalue weighted by molar-refractivity contribution is 7.90. The first-order valence-corrected chi connectivity index (χ1v) is 8.00. The van der Waals surface area contributed by atoms with E-state index in [0.29, 0.717) is 31.6 Å². The molecule has 0 aromatic carbocycles. The van der Waals surface area contributed by atoms with Gasteiger partial charge in [0.25, 0.3) is 0 Å². The Morgan fingerprint density at radius 2 is 2.12 bits per heavy atom. The fourth-order valence-corrected chi connectivity index (χ4v) is 4.82. The first kappa shape index (κ1) is 11.9. The Morgan fingerprint density at radius 1 is 1.24 bits per heavy atom. The van der Waals surface area contributed by atoms with Crippen LogP contribution in [0.15, 0.2) is 0 Å². The Kier molecular flexibility index (Phi) is 3.15. The second-order valence-electron chi connectivity index (χ2n) is 5.52. The lowest BCUT2D eigenvalue weighted by atomic mass is 9.87. The van der Waals surface area contributed by atoms with E-state index in [2.05, 4.69) is 10.0 Å². The lowest BCUT2D eigenvalue weighted by Crippen LogP contribution is -2.45. The second-order valence-corrected chi connectivity index (χ2v) is 7.52. The maximum atomic E-state index is 12.1. The summed E-state index contributed by atoms with van der Waals surface area (Å²) in [6.07, 6.45) is 3.76. The third-order valence-corrected chi connectivity index (χ3v) is 6.07. The van der Waals surface area contributed by atoms with Crippen molar-refractivity contribution in [3.05, 3.63) is 0 Å². The van der Waals surface area contributed by atoms with Crippen LogP contribution in [0.25, 0.3) is 0 Å². The minimum absolute atomic E-state index is 0.124. The molecule has 4 unspecified atom stereocenters. The maximum Gasteiger partial charge on any atom is 0.217 e. The van der Waals surface area contributed by atoms with E-state index < -0.39 is 10.0 Å². The largest absolute Gasteiger partial charge is 0.380 e. The van der Waals surface area contributed by atoms with E-state index >= 15 is 0 Å². The van der Waals surface area contributed by atoms with Crippen LogP contribution in [0.3, 0.4) is 0 Å². The van der Waals surface area contributed by atoms with Gasteiger partial charge in [-0.25, -0.2) is 13.1 Å². The fourth-order valence-electron chi connectivity index (χ4n) is 3.29. The van der Waals surface area contributed by atoms with Crippen molar-refractivity contribution in [2.24, 2.45) is 5.92 Å². The zero-order valence-electron chi connectivity index (χ0n) is 9.89. The molecule has 2 saturated heterocycles. The Bertz CT molecular complexity index is 366. The monoisotopic (exact) mass is 260 g/mol. The summed E-state index contributed by atoms with van der Waals surface area (Å²) in [4.78, 5) is 0. The number of fused-ring (bicyclic) bond motifs is 2. The molecule has 0 aromatic heterocycles. The highest BCUT2D eigenvalue weighted by atomic mass is 32.2. The molecular formula is C11H20N2O3S. The Labute approximate surface area is 102 Å². The molecule has 1 saturated carbocycles. The average Bonchev–Trinajstić information content (AvgIpc) is 2.88. The summed E-state index contributed by atoms with van der Waals surface area (Å²) < 4.78 is 32.3. The lowest BCUT2D eigenvalue weighted by molar-refractivity contribution is 0.198. The molecule has 3 rings (SSSR count). The molecule has 5 nitrogen and oxygen atoms in total. The summed E-state index contributed by atoms with van der Waals surface area (Å²) in [6.45, 7) is 1.98. The van der Waals surface area contributed by atoms with Gasteiger partial charge in [-0.2, -0.15) is 0 Å². The smallest absolute Gasteiger partial charge is 0.217 e. The van der Waals surface area contributed by atoms with Crippen molar-refractivity contribution in [3.8, 4) is 0 Å². The van der Waals surface area contributed by atoms with E-state index in [0.717, 1.165) is 19.4 Å². The summed E-state index contributed by atoms with van der Waals surface area (Å²) in [5, 5.41) is 3.11. The quantitative estimate of drug-likeness (QED) is 0.739. The molecular weight excluding hydrogens is 240 g/mol. The third-order valence-electron chi connectivity index (χ3n) is 4.16. The molecule has 17 heavy (non-hydrogen) atoms. The van der Waals surface area contributed by atoms with Gasteiger partial charge in [-0.15, -0.1) is 0 Å². The normalized spacial score (nSPS) is 41.9. The zero-order valence-corrected chi connectivity index (χ0v) is 10.7. The van der Waals surface area contributed by atoms with Crippen LogP contribution in [0.4, 0.5) is 0 Å². The molecule has 98 valence electrons. The molecule has 2 heterocycles. The lowest BCUT2D eigenvalue weighted by Gasteiger charge is -2.28. The summed E-state index contributed by atoms with van der Waals surface area (Å²) in [6, 6.07) is 0.639. The van der Waals surface area contributed by atoms with Crippen LogP contribution in [0.5, 0.6) is 0 Å². The molecule has 3 aliphatic rings. The van der Waals surface area contributed by atoms with Gasteiger partial charge in [-0.05, 0) is 38.1 Å². The van der Waals surface area contributed by atoms with Crippen molar-refractivity contribution in [3.63, 3.8) is 0 Å². The van der Waals surface area contributed by atoms with Gasteiger partial charge in [-0.3, -0.25) is 0 Å². The van der Waals surface area contributed by atoms with E-state index in [1.54, 1.807) is 0 Å². The second kappa shape index (κ2) is 4.50. The van der Waals surface area contributed by atoms with Gasteiger partial charge in [-0.1, -0.05) is 0 Å². The van der Waals surface area contributed by atoms with Crippen molar-refractivity contribution in [1.29, 1.82) is 0 Å².